The highest BCUT2D eigenvalue weighted by atomic mass is 32.2. The van der Waals surface area contributed by atoms with Gasteiger partial charge in [0, 0.05) is 17.6 Å². The molecule has 0 amide bonds. The van der Waals surface area contributed by atoms with Crippen LogP contribution in [-0.4, -0.2) is 36.4 Å². The molecule has 0 aromatic carbocycles. The van der Waals surface area contributed by atoms with Gasteiger partial charge in [-0.05, 0) is 45.6 Å². The fraction of sp³-hybridized carbons (Fsp3) is 0.421. The second-order valence-corrected chi connectivity index (χ2v) is 6.98. The number of hydrogen-bond acceptors (Lipinski definition) is 7. The molecule has 6 nitrogen and oxygen atoms in total. The van der Waals surface area contributed by atoms with Crippen molar-refractivity contribution in [3.63, 3.8) is 0 Å². The Kier molecular flexibility index (Phi) is 6.47. The van der Waals surface area contributed by atoms with E-state index in [4.69, 9.17) is 9.47 Å². The van der Waals surface area contributed by atoms with E-state index >= 15 is 0 Å². The molecule has 1 aliphatic heterocycles. The van der Waals surface area contributed by atoms with Crippen LogP contribution in [0.3, 0.4) is 0 Å². The molecule has 0 aliphatic carbocycles. The second-order valence-electron chi connectivity index (χ2n) is 6.18. The summed E-state index contributed by atoms with van der Waals surface area (Å²) in [4.78, 5) is 29.8. The lowest BCUT2D eigenvalue weighted by atomic mass is 9.81. The van der Waals surface area contributed by atoms with E-state index in [0.717, 1.165) is 10.6 Å². The number of carbonyl (C=O) groups is 2. The van der Waals surface area contributed by atoms with E-state index in [1.165, 1.54) is 18.9 Å². The van der Waals surface area contributed by atoms with Crippen LogP contribution in [0.2, 0.25) is 0 Å². The summed E-state index contributed by atoms with van der Waals surface area (Å²) in [5.41, 5.74) is 2.86. The predicted octanol–water partition coefficient (Wildman–Crippen LogP) is 3.16. The first-order valence-corrected chi connectivity index (χ1v) is 9.51. The Balaban J connectivity index is 2.70. The lowest BCUT2D eigenvalue weighted by molar-refractivity contribution is -0.143. The van der Waals surface area contributed by atoms with Crippen molar-refractivity contribution in [2.45, 2.75) is 44.7 Å². The van der Waals surface area contributed by atoms with Gasteiger partial charge in [0.05, 0.1) is 35.3 Å². The average Bonchev–Trinajstić information content (AvgIpc) is 2.59. The first-order chi connectivity index (χ1) is 12.3. The van der Waals surface area contributed by atoms with Crippen LogP contribution in [0.25, 0.3) is 0 Å². The Labute approximate surface area is 158 Å². The molecular formula is C19H24N2O4S. The molecule has 1 aliphatic rings. The van der Waals surface area contributed by atoms with E-state index in [9.17, 15) is 9.59 Å². The molecule has 1 unspecified atom stereocenters. The van der Waals surface area contributed by atoms with Crippen molar-refractivity contribution in [2.75, 3.05) is 13.4 Å². The Morgan fingerprint density at radius 1 is 1.19 bits per heavy atom. The van der Waals surface area contributed by atoms with E-state index in [-0.39, 0.29) is 6.10 Å². The number of esters is 2. The number of methoxy groups -OCH3 is 1. The Hall–Kier alpha value is -2.28. The maximum absolute atomic E-state index is 12.8. The van der Waals surface area contributed by atoms with Crippen LogP contribution in [0.5, 0.6) is 0 Å². The third-order valence-corrected chi connectivity index (χ3v) is 4.76. The molecule has 0 spiro atoms. The van der Waals surface area contributed by atoms with Crippen molar-refractivity contribution in [1.82, 2.24) is 10.3 Å². The topological polar surface area (TPSA) is 77.5 Å². The molecule has 1 aromatic rings. The number of carbonyl (C=O) groups excluding carboxylic acids is 2. The van der Waals surface area contributed by atoms with Crippen molar-refractivity contribution in [2.24, 2.45) is 0 Å². The zero-order chi connectivity index (χ0) is 19.4. The fourth-order valence-electron chi connectivity index (χ4n) is 3.03. The number of rotatable bonds is 5. The number of dihydropyridines is 1. The molecule has 1 aromatic heterocycles. The van der Waals surface area contributed by atoms with Gasteiger partial charge in [-0.2, -0.15) is 0 Å². The number of nitrogens with one attached hydrogen (secondary N) is 1. The minimum atomic E-state index is -0.605. The molecule has 1 atom stereocenters. The number of thioether (sulfide) groups is 1. The van der Waals surface area contributed by atoms with Crippen molar-refractivity contribution >= 4 is 23.7 Å². The number of ether oxygens (including phenoxy) is 2. The van der Waals surface area contributed by atoms with Gasteiger partial charge in [0.1, 0.15) is 0 Å². The van der Waals surface area contributed by atoms with E-state index in [0.29, 0.717) is 22.5 Å². The Bertz CT molecular complexity index is 783. The molecule has 2 rings (SSSR count). The predicted molar refractivity (Wildman–Crippen MR) is 101 cm³/mol. The highest BCUT2D eigenvalue weighted by Gasteiger charge is 2.39. The quantitative estimate of drug-likeness (QED) is 0.625. The molecule has 0 radical (unpaired) electrons. The molecule has 26 heavy (non-hydrogen) atoms. The largest absolute Gasteiger partial charge is 0.466 e. The lowest BCUT2D eigenvalue weighted by Gasteiger charge is -2.31. The van der Waals surface area contributed by atoms with Crippen LogP contribution in [0, 0.1) is 0 Å². The summed E-state index contributed by atoms with van der Waals surface area (Å²) in [6.07, 6.45) is 3.32. The minimum Gasteiger partial charge on any atom is -0.466 e. The van der Waals surface area contributed by atoms with E-state index in [2.05, 4.69) is 10.3 Å². The van der Waals surface area contributed by atoms with E-state index in [1.54, 1.807) is 40.0 Å². The summed E-state index contributed by atoms with van der Waals surface area (Å²) in [6, 6.07) is 3.67. The summed E-state index contributed by atoms with van der Waals surface area (Å²) in [6.45, 7) is 7.18. The van der Waals surface area contributed by atoms with Crippen molar-refractivity contribution in [3.8, 4) is 0 Å². The number of nitrogens with zero attached hydrogens (tertiary/aromatic N) is 1. The van der Waals surface area contributed by atoms with Crippen molar-refractivity contribution < 1.29 is 19.1 Å². The van der Waals surface area contributed by atoms with Gasteiger partial charge in [0.15, 0.2) is 0 Å². The highest BCUT2D eigenvalue weighted by Crippen LogP contribution is 2.41. The Morgan fingerprint density at radius 3 is 2.35 bits per heavy atom. The third kappa shape index (κ3) is 3.93. The third-order valence-electron chi connectivity index (χ3n) is 4.03. The molecule has 0 bridgehead atoms. The van der Waals surface area contributed by atoms with E-state index < -0.39 is 17.9 Å². The summed E-state index contributed by atoms with van der Waals surface area (Å²) < 4.78 is 10.4. The summed E-state index contributed by atoms with van der Waals surface area (Å²) in [7, 11) is 1.33. The molecule has 1 N–H and O–H groups in total. The summed E-state index contributed by atoms with van der Waals surface area (Å²) in [5.74, 6) is -1.55. The average molecular weight is 376 g/mol. The Morgan fingerprint density at radius 2 is 1.81 bits per heavy atom. The maximum atomic E-state index is 12.8. The number of pyridine rings is 1. The molecule has 7 heteroatoms. The van der Waals surface area contributed by atoms with Gasteiger partial charge >= 0.3 is 11.9 Å². The number of aromatic nitrogens is 1. The van der Waals surface area contributed by atoms with Gasteiger partial charge in [0.25, 0.3) is 0 Å². The first-order valence-electron chi connectivity index (χ1n) is 8.28. The van der Waals surface area contributed by atoms with Crippen LogP contribution in [0.15, 0.2) is 45.9 Å². The smallest absolute Gasteiger partial charge is 0.337 e. The van der Waals surface area contributed by atoms with Crippen LogP contribution in [0.4, 0.5) is 0 Å². The van der Waals surface area contributed by atoms with Gasteiger partial charge < -0.3 is 14.8 Å². The van der Waals surface area contributed by atoms with Crippen molar-refractivity contribution in [3.05, 3.63) is 46.4 Å². The molecule has 2 heterocycles. The molecule has 140 valence electrons. The fourth-order valence-corrected chi connectivity index (χ4v) is 3.62. The number of allylic oxidation sites excluding steroid dienone is 2. The lowest BCUT2D eigenvalue weighted by Crippen LogP contribution is -2.33. The van der Waals surface area contributed by atoms with Gasteiger partial charge in [-0.25, -0.2) is 14.6 Å². The molecule has 0 saturated carbocycles. The monoisotopic (exact) mass is 376 g/mol. The van der Waals surface area contributed by atoms with E-state index in [1.807, 2.05) is 12.3 Å². The van der Waals surface area contributed by atoms with Crippen LogP contribution < -0.4 is 5.32 Å². The first kappa shape index (κ1) is 20.0. The van der Waals surface area contributed by atoms with Crippen LogP contribution in [-0.2, 0) is 19.1 Å². The molecule has 0 saturated heterocycles. The second kappa shape index (κ2) is 8.40. The van der Waals surface area contributed by atoms with Crippen LogP contribution >= 0.6 is 11.8 Å². The van der Waals surface area contributed by atoms with Gasteiger partial charge in [-0.1, -0.05) is 6.07 Å². The normalized spacial score (nSPS) is 17.3. The molecular weight excluding hydrogens is 352 g/mol. The minimum absolute atomic E-state index is 0.272. The SMILES string of the molecule is COC(=O)C1=C(C)NC(C)=C(C(=O)OC(C)C)C1c1cccnc1SC. The van der Waals surface area contributed by atoms with Crippen LogP contribution in [0.1, 0.15) is 39.2 Å². The standard InChI is InChI=1S/C19H24N2O4S/c1-10(2)25-19(23)15-12(4)21-11(3)14(18(22)24-5)16(15)13-8-7-9-20-17(13)26-6/h7-10,16,21H,1-6H3. The summed E-state index contributed by atoms with van der Waals surface area (Å²) in [5, 5.41) is 3.86. The maximum Gasteiger partial charge on any atom is 0.337 e. The zero-order valence-electron chi connectivity index (χ0n) is 15.9. The van der Waals surface area contributed by atoms with Gasteiger partial charge in [0.2, 0.25) is 0 Å². The van der Waals surface area contributed by atoms with Gasteiger partial charge in [-0.15, -0.1) is 11.8 Å². The van der Waals surface area contributed by atoms with Crippen molar-refractivity contribution in [1.29, 1.82) is 0 Å². The highest BCUT2D eigenvalue weighted by molar-refractivity contribution is 7.98. The van der Waals surface area contributed by atoms with Gasteiger partial charge in [-0.3, -0.25) is 0 Å². The zero-order valence-corrected chi connectivity index (χ0v) is 16.7. The summed E-state index contributed by atoms with van der Waals surface area (Å²) >= 11 is 1.46. The number of hydrogen-bond donors (Lipinski definition) is 1. The molecule has 0 fully saturated rings.